The van der Waals surface area contributed by atoms with E-state index in [9.17, 15) is 8.78 Å². The van der Waals surface area contributed by atoms with Crippen molar-refractivity contribution < 1.29 is 13.5 Å². The van der Waals surface area contributed by atoms with E-state index in [0.29, 0.717) is 29.9 Å². The Labute approximate surface area is 184 Å². The molecule has 0 saturated heterocycles. The van der Waals surface area contributed by atoms with Gasteiger partial charge in [-0.2, -0.15) is 4.39 Å². The highest BCUT2D eigenvalue weighted by molar-refractivity contribution is 5.33. The van der Waals surface area contributed by atoms with E-state index in [0.717, 1.165) is 44.3 Å². The molecule has 2 aliphatic carbocycles. The van der Waals surface area contributed by atoms with Crippen LogP contribution < -0.4 is 4.74 Å². The monoisotopic (exact) mass is 426 g/mol. The molecule has 2 fully saturated rings. The molecule has 2 aliphatic rings. The molecule has 0 unspecified atom stereocenters. The summed E-state index contributed by atoms with van der Waals surface area (Å²) in [6, 6.07) is 3.24. The molecule has 4 rings (SSSR count). The molecule has 1 aromatic heterocycles. The Morgan fingerprint density at radius 3 is 2.13 bits per heavy atom. The van der Waals surface area contributed by atoms with E-state index >= 15 is 0 Å². The summed E-state index contributed by atoms with van der Waals surface area (Å²) in [5.74, 6) is 0.859. The number of aromatic nitrogens is 2. The average molecular weight is 427 g/mol. The van der Waals surface area contributed by atoms with Crippen molar-refractivity contribution in [3.05, 3.63) is 65.8 Å². The van der Waals surface area contributed by atoms with E-state index in [1.54, 1.807) is 19.1 Å². The quantitative estimate of drug-likeness (QED) is 0.464. The Bertz CT molecular complexity index is 883. The van der Waals surface area contributed by atoms with Gasteiger partial charge in [0.25, 0.3) is 0 Å². The molecule has 166 valence electrons. The first-order valence-corrected chi connectivity index (χ1v) is 11.7. The molecule has 0 radical (unpaired) electrons. The van der Waals surface area contributed by atoms with Gasteiger partial charge in [0.2, 0.25) is 5.82 Å². The number of rotatable bonds is 6. The summed E-state index contributed by atoms with van der Waals surface area (Å²) in [7, 11) is 0. The molecule has 3 nitrogen and oxygen atoms in total. The predicted octanol–water partition coefficient (Wildman–Crippen LogP) is 7.05. The third kappa shape index (κ3) is 4.81. The van der Waals surface area contributed by atoms with E-state index in [4.69, 9.17) is 14.7 Å². The highest BCUT2D eigenvalue weighted by Gasteiger charge is 2.28. The van der Waals surface area contributed by atoms with Gasteiger partial charge in [0.1, 0.15) is 5.82 Å². The standard InChI is InChI=1S/C26H32F2N2O/c1-3-17-5-7-20(8-6-17)26-29-15-21(16-30-26)18-9-11-19(12-10-18)22-13-14-23(31-4-2)25(28)24(22)27/h3,13-20H,1,4-12H2,2H3. The first-order chi connectivity index (χ1) is 15.1. The van der Waals surface area contributed by atoms with Crippen LogP contribution in [0.15, 0.2) is 37.2 Å². The van der Waals surface area contributed by atoms with Gasteiger partial charge in [-0.15, -0.1) is 6.58 Å². The fourth-order valence-electron chi connectivity index (χ4n) is 5.25. The molecule has 5 heteroatoms. The average Bonchev–Trinajstić information content (AvgIpc) is 2.83. The van der Waals surface area contributed by atoms with Crippen LogP contribution in [0.3, 0.4) is 0 Å². The van der Waals surface area contributed by atoms with Crippen LogP contribution in [-0.2, 0) is 0 Å². The highest BCUT2D eigenvalue weighted by Crippen LogP contribution is 2.42. The first kappa shape index (κ1) is 21.9. The Balaban J connectivity index is 1.36. The molecule has 0 bridgehead atoms. The summed E-state index contributed by atoms with van der Waals surface area (Å²) in [5, 5.41) is 0. The lowest BCUT2D eigenvalue weighted by Crippen LogP contribution is -2.16. The molecule has 1 heterocycles. The molecule has 0 amide bonds. The predicted molar refractivity (Wildman–Crippen MR) is 118 cm³/mol. The Morgan fingerprint density at radius 2 is 1.52 bits per heavy atom. The number of allylic oxidation sites excluding steroid dienone is 1. The van der Waals surface area contributed by atoms with Crippen molar-refractivity contribution in [2.45, 2.75) is 76.0 Å². The number of ether oxygens (including phenoxy) is 1. The van der Waals surface area contributed by atoms with Crippen LogP contribution in [-0.4, -0.2) is 16.6 Å². The number of hydrogen-bond acceptors (Lipinski definition) is 3. The van der Waals surface area contributed by atoms with Crippen molar-refractivity contribution >= 4 is 0 Å². The van der Waals surface area contributed by atoms with Crippen LogP contribution in [0.1, 0.15) is 93.0 Å². The number of halogens is 2. The topological polar surface area (TPSA) is 35.0 Å². The highest BCUT2D eigenvalue weighted by atomic mass is 19.2. The number of hydrogen-bond donors (Lipinski definition) is 0. The lowest BCUT2D eigenvalue weighted by atomic mass is 9.76. The third-order valence-electron chi connectivity index (χ3n) is 7.18. The molecule has 0 N–H and O–H groups in total. The maximum Gasteiger partial charge on any atom is 0.200 e. The van der Waals surface area contributed by atoms with Gasteiger partial charge in [-0.05, 0) is 93.2 Å². The van der Waals surface area contributed by atoms with Gasteiger partial charge in [-0.1, -0.05) is 12.1 Å². The van der Waals surface area contributed by atoms with Gasteiger partial charge in [-0.25, -0.2) is 14.4 Å². The molecular weight excluding hydrogens is 394 g/mol. The fourth-order valence-corrected chi connectivity index (χ4v) is 5.25. The largest absolute Gasteiger partial charge is 0.491 e. The van der Waals surface area contributed by atoms with Crippen LogP contribution >= 0.6 is 0 Å². The van der Waals surface area contributed by atoms with Gasteiger partial charge >= 0.3 is 0 Å². The summed E-state index contributed by atoms with van der Waals surface area (Å²) in [4.78, 5) is 9.40. The minimum Gasteiger partial charge on any atom is -0.491 e. The van der Waals surface area contributed by atoms with Crippen LogP contribution in [0, 0.1) is 17.6 Å². The van der Waals surface area contributed by atoms with E-state index < -0.39 is 11.6 Å². The molecule has 0 aliphatic heterocycles. The van der Waals surface area contributed by atoms with Crippen molar-refractivity contribution in [3.8, 4) is 5.75 Å². The minimum absolute atomic E-state index is 0.00680. The maximum absolute atomic E-state index is 14.6. The number of benzene rings is 1. The third-order valence-corrected chi connectivity index (χ3v) is 7.18. The van der Waals surface area contributed by atoms with Gasteiger partial charge < -0.3 is 4.74 Å². The second kappa shape index (κ2) is 9.88. The van der Waals surface area contributed by atoms with Crippen LogP contribution in [0.2, 0.25) is 0 Å². The van der Waals surface area contributed by atoms with Crippen molar-refractivity contribution in [2.75, 3.05) is 6.61 Å². The number of nitrogens with zero attached hydrogens (tertiary/aromatic N) is 2. The Kier molecular flexibility index (Phi) is 6.99. The second-order valence-electron chi connectivity index (χ2n) is 8.98. The summed E-state index contributed by atoms with van der Waals surface area (Å²) in [6.07, 6.45) is 14.2. The molecule has 1 aromatic carbocycles. The van der Waals surface area contributed by atoms with Crippen molar-refractivity contribution in [3.63, 3.8) is 0 Å². The minimum atomic E-state index is -0.868. The smallest absolute Gasteiger partial charge is 0.200 e. The van der Waals surface area contributed by atoms with Crippen LogP contribution in [0.25, 0.3) is 0 Å². The summed E-state index contributed by atoms with van der Waals surface area (Å²) < 4.78 is 34.0. The summed E-state index contributed by atoms with van der Waals surface area (Å²) in [6.45, 7) is 5.99. The Morgan fingerprint density at radius 1 is 0.903 bits per heavy atom. The molecule has 31 heavy (non-hydrogen) atoms. The lowest BCUT2D eigenvalue weighted by Gasteiger charge is -2.29. The van der Waals surface area contributed by atoms with E-state index in [-0.39, 0.29) is 11.7 Å². The van der Waals surface area contributed by atoms with Gasteiger partial charge in [0.05, 0.1) is 6.61 Å². The van der Waals surface area contributed by atoms with E-state index in [2.05, 4.69) is 12.7 Å². The van der Waals surface area contributed by atoms with E-state index in [1.807, 2.05) is 12.4 Å². The van der Waals surface area contributed by atoms with Crippen molar-refractivity contribution in [1.82, 2.24) is 9.97 Å². The zero-order valence-electron chi connectivity index (χ0n) is 18.3. The van der Waals surface area contributed by atoms with Crippen molar-refractivity contribution in [1.29, 1.82) is 0 Å². The van der Waals surface area contributed by atoms with Crippen LogP contribution in [0.4, 0.5) is 8.78 Å². The molecule has 0 spiro atoms. The second-order valence-corrected chi connectivity index (χ2v) is 8.98. The van der Waals surface area contributed by atoms with Gasteiger partial charge in [-0.3, -0.25) is 0 Å². The maximum atomic E-state index is 14.6. The molecule has 2 aromatic rings. The first-order valence-electron chi connectivity index (χ1n) is 11.7. The van der Waals surface area contributed by atoms with Crippen molar-refractivity contribution in [2.24, 2.45) is 5.92 Å². The summed E-state index contributed by atoms with van der Waals surface area (Å²) in [5.41, 5.74) is 1.64. The zero-order chi connectivity index (χ0) is 21.8. The van der Waals surface area contributed by atoms with Gasteiger partial charge in [0.15, 0.2) is 11.6 Å². The SMILES string of the molecule is C=CC1CCC(c2ncc(C3CCC(c4ccc(OCC)c(F)c4F)CC3)cn2)CC1. The molecule has 2 saturated carbocycles. The van der Waals surface area contributed by atoms with E-state index in [1.165, 1.54) is 18.4 Å². The lowest BCUT2D eigenvalue weighted by molar-refractivity contribution is 0.310. The molecular formula is C26H32F2N2O. The summed E-state index contributed by atoms with van der Waals surface area (Å²) >= 11 is 0. The zero-order valence-corrected chi connectivity index (χ0v) is 18.3. The fraction of sp³-hybridized carbons (Fsp3) is 0.538. The Hall–Kier alpha value is -2.30. The normalized spacial score (nSPS) is 26.4. The van der Waals surface area contributed by atoms with Crippen LogP contribution in [0.5, 0.6) is 5.75 Å². The van der Waals surface area contributed by atoms with Gasteiger partial charge in [0, 0.05) is 18.3 Å². The molecule has 0 atom stereocenters.